The van der Waals surface area contributed by atoms with Crippen LogP contribution in [-0.4, -0.2) is 26.5 Å². The number of hydrogen-bond donors (Lipinski definition) is 0. The summed E-state index contributed by atoms with van der Waals surface area (Å²) in [5.41, 5.74) is 1.13. The standard InChI is InChI=1S/C19H28O3Si/c1-19(2,3)23(4,5)22-17(16-13-14-18(20)21-16)12-11-15-9-7-6-8-10-15/h6-12,16-17H,13-14H2,1-5H3/b12-11+/t16-,17-/m1/s1. The van der Waals surface area contributed by atoms with E-state index in [9.17, 15) is 4.79 Å². The van der Waals surface area contributed by atoms with Gasteiger partial charge in [0, 0.05) is 6.42 Å². The minimum Gasteiger partial charge on any atom is -0.459 e. The van der Waals surface area contributed by atoms with Crippen molar-refractivity contribution in [2.45, 2.75) is 64.0 Å². The van der Waals surface area contributed by atoms with Gasteiger partial charge in [0.1, 0.15) is 12.2 Å². The summed E-state index contributed by atoms with van der Waals surface area (Å²) >= 11 is 0. The zero-order chi connectivity index (χ0) is 17.1. The molecule has 0 saturated carbocycles. The summed E-state index contributed by atoms with van der Waals surface area (Å²) in [5, 5.41) is 0.119. The number of benzene rings is 1. The van der Waals surface area contributed by atoms with E-state index in [1.165, 1.54) is 0 Å². The van der Waals surface area contributed by atoms with E-state index in [2.05, 4.69) is 58.2 Å². The summed E-state index contributed by atoms with van der Waals surface area (Å²) in [4.78, 5) is 11.5. The van der Waals surface area contributed by atoms with Crippen molar-refractivity contribution in [3.63, 3.8) is 0 Å². The molecule has 1 saturated heterocycles. The Morgan fingerprint density at radius 2 is 1.91 bits per heavy atom. The van der Waals surface area contributed by atoms with Crippen molar-refractivity contribution >= 4 is 20.4 Å². The zero-order valence-corrected chi connectivity index (χ0v) is 15.8. The number of cyclic esters (lactones) is 1. The average molecular weight is 333 g/mol. The van der Waals surface area contributed by atoms with Crippen molar-refractivity contribution in [3.8, 4) is 0 Å². The van der Waals surface area contributed by atoms with Gasteiger partial charge < -0.3 is 9.16 Å². The van der Waals surface area contributed by atoms with Gasteiger partial charge in [0.05, 0.1) is 0 Å². The first-order valence-corrected chi connectivity index (χ1v) is 11.2. The van der Waals surface area contributed by atoms with E-state index in [0.717, 1.165) is 12.0 Å². The van der Waals surface area contributed by atoms with E-state index in [-0.39, 0.29) is 23.2 Å². The Hall–Kier alpha value is -1.39. The highest BCUT2D eigenvalue weighted by Gasteiger charge is 2.41. The van der Waals surface area contributed by atoms with Crippen LogP contribution in [0.2, 0.25) is 18.1 Å². The maximum Gasteiger partial charge on any atom is 0.306 e. The molecular weight excluding hydrogens is 304 g/mol. The largest absolute Gasteiger partial charge is 0.459 e. The topological polar surface area (TPSA) is 35.5 Å². The molecule has 4 heteroatoms. The van der Waals surface area contributed by atoms with Crippen LogP contribution in [0.15, 0.2) is 36.4 Å². The lowest BCUT2D eigenvalue weighted by molar-refractivity contribution is -0.143. The van der Waals surface area contributed by atoms with Crippen molar-refractivity contribution in [3.05, 3.63) is 42.0 Å². The van der Waals surface area contributed by atoms with Gasteiger partial charge in [0.25, 0.3) is 0 Å². The van der Waals surface area contributed by atoms with Crippen molar-refractivity contribution in [1.82, 2.24) is 0 Å². The van der Waals surface area contributed by atoms with Gasteiger partial charge in [-0.25, -0.2) is 0 Å². The Morgan fingerprint density at radius 1 is 1.26 bits per heavy atom. The number of rotatable bonds is 5. The van der Waals surface area contributed by atoms with Crippen molar-refractivity contribution in [2.75, 3.05) is 0 Å². The van der Waals surface area contributed by atoms with E-state index in [4.69, 9.17) is 9.16 Å². The van der Waals surface area contributed by atoms with Gasteiger partial charge >= 0.3 is 5.97 Å². The average Bonchev–Trinajstić information content (AvgIpc) is 2.90. The second kappa shape index (κ2) is 7.01. The van der Waals surface area contributed by atoms with Gasteiger partial charge in [0.2, 0.25) is 0 Å². The second-order valence-corrected chi connectivity index (χ2v) is 12.4. The summed E-state index contributed by atoms with van der Waals surface area (Å²) in [5.74, 6) is -0.119. The summed E-state index contributed by atoms with van der Waals surface area (Å²) in [6, 6.07) is 10.1. The van der Waals surface area contributed by atoms with Crippen molar-refractivity contribution in [2.24, 2.45) is 0 Å². The maximum absolute atomic E-state index is 11.5. The van der Waals surface area contributed by atoms with Crippen LogP contribution in [0.3, 0.4) is 0 Å². The number of carbonyl (C=O) groups excluding carboxylic acids is 1. The molecule has 0 radical (unpaired) electrons. The molecule has 0 spiro atoms. The Morgan fingerprint density at radius 3 is 2.43 bits per heavy atom. The van der Waals surface area contributed by atoms with Crippen molar-refractivity contribution < 1.29 is 14.0 Å². The Balaban J connectivity index is 2.18. The van der Waals surface area contributed by atoms with Crippen LogP contribution in [0, 0.1) is 0 Å². The Bertz CT molecular complexity index is 558. The molecule has 2 rings (SSSR count). The first-order chi connectivity index (χ1) is 10.7. The maximum atomic E-state index is 11.5. The van der Waals surface area contributed by atoms with Crippen LogP contribution in [0.1, 0.15) is 39.2 Å². The third-order valence-electron chi connectivity index (χ3n) is 4.80. The first kappa shape index (κ1) is 18.0. The summed E-state index contributed by atoms with van der Waals surface area (Å²) in [6.45, 7) is 11.1. The molecule has 23 heavy (non-hydrogen) atoms. The Labute approximate surface area is 140 Å². The molecule has 1 aromatic carbocycles. The minimum atomic E-state index is -1.94. The lowest BCUT2D eigenvalue weighted by atomic mass is 10.1. The number of hydrogen-bond acceptors (Lipinski definition) is 3. The van der Waals surface area contributed by atoms with Gasteiger partial charge in [-0.1, -0.05) is 63.3 Å². The molecule has 1 aliphatic heterocycles. The van der Waals surface area contributed by atoms with Crippen LogP contribution in [0.5, 0.6) is 0 Å². The number of esters is 1. The van der Waals surface area contributed by atoms with Gasteiger partial charge in [-0.05, 0) is 30.1 Å². The van der Waals surface area contributed by atoms with Crippen LogP contribution in [-0.2, 0) is 14.0 Å². The van der Waals surface area contributed by atoms with E-state index in [1.54, 1.807) is 0 Å². The fourth-order valence-corrected chi connectivity index (χ4v) is 3.57. The van der Waals surface area contributed by atoms with E-state index < -0.39 is 8.32 Å². The second-order valence-electron chi connectivity index (χ2n) is 7.68. The molecule has 0 amide bonds. The molecule has 1 fully saturated rings. The highest BCUT2D eigenvalue weighted by atomic mass is 28.4. The quantitative estimate of drug-likeness (QED) is 0.574. The van der Waals surface area contributed by atoms with Gasteiger partial charge in [-0.3, -0.25) is 4.79 Å². The molecule has 0 N–H and O–H groups in total. The van der Waals surface area contributed by atoms with E-state index in [0.29, 0.717) is 6.42 Å². The molecule has 0 aliphatic carbocycles. The number of carbonyl (C=O) groups is 1. The molecule has 2 atom stereocenters. The van der Waals surface area contributed by atoms with Gasteiger partial charge in [-0.15, -0.1) is 0 Å². The van der Waals surface area contributed by atoms with Crippen LogP contribution < -0.4 is 0 Å². The van der Waals surface area contributed by atoms with Crippen molar-refractivity contribution in [1.29, 1.82) is 0 Å². The predicted octanol–water partition coefficient (Wildman–Crippen LogP) is 4.80. The lowest BCUT2D eigenvalue weighted by Gasteiger charge is -2.39. The highest BCUT2D eigenvalue weighted by molar-refractivity contribution is 6.74. The predicted molar refractivity (Wildman–Crippen MR) is 96.7 cm³/mol. The normalized spacial score (nSPS) is 20.7. The molecule has 126 valence electrons. The molecule has 1 heterocycles. The number of ether oxygens (including phenoxy) is 1. The summed E-state index contributed by atoms with van der Waals surface area (Å²) < 4.78 is 12.0. The van der Waals surface area contributed by atoms with Gasteiger partial charge in [-0.2, -0.15) is 0 Å². The molecule has 0 unspecified atom stereocenters. The fraction of sp³-hybridized carbons (Fsp3) is 0.526. The third kappa shape index (κ3) is 4.79. The molecule has 1 aliphatic rings. The fourth-order valence-electron chi connectivity index (χ4n) is 2.30. The molecule has 1 aromatic rings. The van der Waals surface area contributed by atoms with Crippen LogP contribution >= 0.6 is 0 Å². The molecule has 3 nitrogen and oxygen atoms in total. The van der Waals surface area contributed by atoms with E-state index >= 15 is 0 Å². The smallest absolute Gasteiger partial charge is 0.306 e. The summed E-state index contributed by atoms with van der Waals surface area (Å²) in [6.07, 6.45) is 4.99. The van der Waals surface area contributed by atoms with Crippen LogP contribution in [0.4, 0.5) is 0 Å². The SMILES string of the molecule is CC(C)(C)[Si](C)(C)O[C@H](/C=C/c1ccccc1)[C@H]1CCC(=O)O1. The zero-order valence-electron chi connectivity index (χ0n) is 14.8. The minimum absolute atomic E-state index is 0.119. The Kier molecular flexibility index (Phi) is 5.47. The highest BCUT2D eigenvalue weighted by Crippen LogP contribution is 2.38. The molecule has 0 aromatic heterocycles. The van der Waals surface area contributed by atoms with Gasteiger partial charge in [0.15, 0.2) is 8.32 Å². The lowest BCUT2D eigenvalue weighted by Crippen LogP contribution is -2.46. The van der Waals surface area contributed by atoms with E-state index in [1.807, 2.05) is 18.2 Å². The molecule has 0 bridgehead atoms. The summed E-state index contributed by atoms with van der Waals surface area (Å²) in [7, 11) is -1.94. The monoisotopic (exact) mass is 332 g/mol. The van der Waals surface area contributed by atoms with Crippen LogP contribution in [0.25, 0.3) is 6.08 Å². The molecular formula is C19H28O3Si. The third-order valence-corrected chi connectivity index (χ3v) is 9.27. The first-order valence-electron chi connectivity index (χ1n) is 8.29.